The summed E-state index contributed by atoms with van der Waals surface area (Å²) in [7, 11) is 2.00. The van der Waals surface area contributed by atoms with E-state index in [2.05, 4.69) is 4.42 Å². The van der Waals surface area contributed by atoms with E-state index in [1.54, 1.807) is 0 Å². The Bertz CT molecular complexity index is 397. The first kappa shape index (κ1) is 28.8. The van der Waals surface area contributed by atoms with Crippen molar-refractivity contribution >= 4 is 11.9 Å². The minimum absolute atomic E-state index is 0.139. The number of hydrogen-bond donors (Lipinski definition) is 6. The quantitative estimate of drug-likeness (QED) is 0.456. The Morgan fingerprint density at radius 2 is 1.12 bits per heavy atom. The van der Waals surface area contributed by atoms with Gasteiger partial charge in [-0.15, -0.1) is 0 Å². The summed E-state index contributed by atoms with van der Waals surface area (Å²) in [5.74, 6) is -3.31. The fraction of sp³-hybridized carbons (Fsp3) is 0.647. The van der Waals surface area contributed by atoms with E-state index in [1.165, 1.54) is 45.4 Å². The standard InChI is InChI=1S/C6H4O5.C6H12.C3H8O2.2CH4O/c7-5(8)3-1-2-4(11-3)6(9)10;1-2-4-6-5-3-1;1-3(5)2-4;2*1-2/h1-2H,(H,7,8)(H,9,10);1-6H2;3-5H,2H2,1H3;2*2H,1H3. The molecule has 0 spiro atoms. The van der Waals surface area contributed by atoms with Gasteiger partial charge in [-0.25, -0.2) is 9.59 Å². The average molecular weight is 380 g/mol. The second-order valence-electron chi connectivity index (χ2n) is 4.93. The van der Waals surface area contributed by atoms with Crippen molar-refractivity contribution in [2.45, 2.75) is 51.6 Å². The largest absolute Gasteiger partial charge is 0.475 e. The average Bonchev–Trinajstić information content (AvgIpc) is 3.18. The zero-order valence-corrected chi connectivity index (χ0v) is 15.6. The normalized spacial score (nSPS) is 12.9. The fourth-order valence-electron chi connectivity index (χ4n) is 1.63. The molecule has 9 heteroatoms. The molecule has 154 valence electrons. The number of rotatable bonds is 3. The van der Waals surface area contributed by atoms with Gasteiger partial charge in [0.1, 0.15) is 0 Å². The second kappa shape index (κ2) is 21.1. The van der Waals surface area contributed by atoms with Gasteiger partial charge in [0.25, 0.3) is 0 Å². The molecule has 0 radical (unpaired) electrons. The van der Waals surface area contributed by atoms with Crippen LogP contribution in [0.3, 0.4) is 0 Å². The van der Waals surface area contributed by atoms with Crippen LogP contribution in [0.25, 0.3) is 0 Å². The van der Waals surface area contributed by atoms with E-state index < -0.39 is 18.0 Å². The molecular formula is C17H32O9. The van der Waals surface area contributed by atoms with Gasteiger partial charge in [0, 0.05) is 14.2 Å². The smallest absolute Gasteiger partial charge is 0.371 e. The van der Waals surface area contributed by atoms with Crippen LogP contribution in [-0.4, -0.2) is 69.5 Å². The summed E-state index contributed by atoms with van der Waals surface area (Å²) >= 11 is 0. The third-order valence-corrected chi connectivity index (χ3v) is 2.79. The number of hydrogen-bond acceptors (Lipinski definition) is 7. The predicted molar refractivity (Wildman–Crippen MR) is 95.4 cm³/mol. The number of aromatic carboxylic acids is 2. The molecule has 1 atom stereocenters. The zero-order chi connectivity index (χ0) is 21.0. The molecule has 0 amide bonds. The van der Waals surface area contributed by atoms with Crippen LogP contribution in [-0.2, 0) is 0 Å². The topological polar surface area (TPSA) is 169 Å². The third-order valence-electron chi connectivity index (χ3n) is 2.79. The molecule has 26 heavy (non-hydrogen) atoms. The first-order chi connectivity index (χ1) is 12.4. The van der Waals surface area contributed by atoms with Crippen LogP contribution >= 0.6 is 0 Å². The summed E-state index contributed by atoms with van der Waals surface area (Å²) in [6, 6.07) is 2.18. The van der Waals surface area contributed by atoms with Crippen LogP contribution in [0.4, 0.5) is 0 Å². The van der Waals surface area contributed by atoms with Gasteiger partial charge in [-0.2, -0.15) is 0 Å². The van der Waals surface area contributed by atoms with E-state index in [4.69, 9.17) is 30.6 Å². The maximum Gasteiger partial charge on any atom is 0.371 e. The highest BCUT2D eigenvalue weighted by molar-refractivity contribution is 5.88. The lowest BCUT2D eigenvalue weighted by Gasteiger charge is -2.05. The summed E-state index contributed by atoms with van der Waals surface area (Å²) in [5.41, 5.74) is 0. The highest BCUT2D eigenvalue weighted by Gasteiger charge is 2.12. The summed E-state index contributed by atoms with van der Waals surface area (Å²) < 4.78 is 4.41. The Morgan fingerprint density at radius 3 is 1.23 bits per heavy atom. The van der Waals surface area contributed by atoms with Crippen molar-refractivity contribution in [3.63, 3.8) is 0 Å². The van der Waals surface area contributed by atoms with Crippen LogP contribution in [0.15, 0.2) is 16.5 Å². The molecule has 0 saturated heterocycles. The zero-order valence-electron chi connectivity index (χ0n) is 15.6. The first-order valence-corrected chi connectivity index (χ1v) is 8.13. The van der Waals surface area contributed by atoms with Crippen molar-refractivity contribution in [2.75, 3.05) is 20.8 Å². The summed E-state index contributed by atoms with van der Waals surface area (Å²) in [4.78, 5) is 20.3. The minimum atomic E-state index is -1.28. The van der Waals surface area contributed by atoms with Gasteiger partial charge in [-0.3, -0.25) is 0 Å². The minimum Gasteiger partial charge on any atom is -0.475 e. The Morgan fingerprint density at radius 1 is 0.885 bits per heavy atom. The summed E-state index contributed by atoms with van der Waals surface area (Å²) in [6.45, 7) is 1.39. The molecule has 1 aliphatic rings. The molecule has 1 fully saturated rings. The fourth-order valence-corrected chi connectivity index (χ4v) is 1.63. The number of aliphatic hydroxyl groups is 4. The van der Waals surface area contributed by atoms with Gasteiger partial charge in [0.2, 0.25) is 11.5 Å². The predicted octanol–water partition coefficient (Wildman–Crippen LogP) is 1.59. The number of aliphatic hydroxyl groups excluding tert-OH is 4. The molecule has 1 aromatic heterocycles. The molecule has 2 rings (SSSR count). The summed E-state index contributed by atoms with van der Waals surface area (Å²) in [6.07, 6.45) is 8.44. The van der Waals surface area contributed by atoms with Gasteiger partial charge >= 0.3 is 11.9 Å². The molecule has 6 N–H and O–H groups in total. The van der Waals surface area contributed by atoms with E-state index in [0.717, 1.165) is 26.4 Å². The van der Waals surface area contributed by atoms with Gasteiger partial charge in [0.15, 0.2) is 0 Å². The Hall–Kier alpha value is -1.94. The maximum atomic E-state index is 10.2. The molecule has 0 aromatic carbocycles. The first-order valence-electron chi connectivity index (χ1n) is 8.13. The maximum absolute atomic E-state index is 10.2. The van der Waals surface area contributed by atoms with Crippen molar-refractivity contribution < 1.29 is 44.6 Å². The second-order valence-corrected chi connectivity index (χ2v) is 4.93. The van der Waals surface area contributed by atoms with Crippen molar-refractivity contribution in [3.8, 4) is 0 Å². The van der Waals surface area contributed by atoms with Crippen LogP contribution in [0.2, 0.25) is 0 Å². The molecule has 0 aliphatic heterocycles. The highest BCUT2D eigenvalue weighted by atomic mass is 16.4. The molecular weight excluding hydrogens is 348 g/mol. The van der Waals surface area contributed by atoms with Gasteiger partial charge in [-0.1, -0.05) is 38.5 Å². The van der Waals surface area contributed by atoms with E-state index >= 15 is 0 Å². The molecule has 1 saturated carbocycles. The van der Waals surface area contributed by atoms with Gasteiger partial charge < -0.3 is 35.1 Å². The van der Waals surface area contributed by atoms with Gasteiger partial charge in [0.05, 0.1) is 12.7 Å². The number of carboxylic acids is 2. The highest BCUT2D eigenvalue weighted by Crippen LogP contribution is 2.15. The van der Waals surface area contributed by atoms with Gasteiger partial charge in [-0.05, 0) is 19.1 Å². The van der Waals surface area contributed by atoms with Crippen LogP contribution in [0.1, 0.15) is 66.6 Å². The van der Waals surface area contributed by atoms with E-state index in [9.17, 15) is 9.59 Å². The third kappa shape index (κ3) is 18.4. The Kier molecular flexibility index (Phi) is 23.4. The molecule has 1 aliphatic carbocycles. The van der Waals surface area contributed by atoms with Crippen molar-refractivity contribution in [1.82, 2.24) is 0 Å². The Labute approximate surface area is 153 Å². The SMILES string of the molecule is C1CCCCC1.CC(O)CO.CO.CO.O=C(O)c1ccc(C(=O)O)o1. The Balaban J connectivity index is -0.000000301. The number of carboxylic acid groups (broad SMARTS) is 2. The number of furan rings is 1. The lowest BCUT2D eigenvalue weighted by atomic mass is 10.0. The summed E-state index contributed by atoms with van der Waals surface area (Å²) in [5, 5.41) is 46.6. The van der Waals surface area contributed by atoms with E-state index in [-0.39, 0.29) is 18.1 Å². The lowest BCUT2D eigenvalue weighted by Crippen LogP contribution is -2.03. The van der Waals surface area contributed by atoms with Crippen LogP contribution in [0.5, 0.6) is 0 Å². The van der Waals surface area contributed by atoms with Crippen molar-refractivity contribution in [1.29, 1.82) is 0 Å². The molecule has 1 unspecified atom stereocenters. The molecule has 0 bridgehead atoms. The van der Waals surface area contributed by atoms with Crippen LogP contribution < -0.4 is 0 Å². The molecule has 1 heterocycles. The number of carbonyl (C=O) groups is 2. The molecule has 9 nitrogen and oxygen atoms in total. The monoisotopic (exact) mass is 380 g/mol. The molecule has 1 aromatic rings. The van der Waals surface area contributed by atoms with Crippen molar-refractivity contribution in [2.24, 2.45) is 0 Å². The van der Waals surface area contributed by atoms with E-state index in [0.29, 0.717) is 0 Å². The van der Waals surface area contributed by atoms with Crippen molar-refractivity contribution in [3.05, 3.63) is 23.7 Å². The lowest BCUT2D eigenvalue weighted by molar-refractivity contribution is 0.0631. The van der Waals surface area contributed by atoms with E-state index in [1.807, 2.05) is 0 Å². The van der Waals surface area contributed by atoms with Crippen LogP contribution in [0, 0.1) is 0 Å².